The van der Waals surface area contributed by atoms with E-state index in [2.05, 4.69) is 0 Å². The fourth-order valence-electron chi connectivity index (χ4n) is 3.09. The lowest BCUT2D eigenvalue weighted by Gasteiger charge is -2.15. The van der Waals surface area contributed by atoms with Gasteiger partial charge in [-0.2, -0.15) is 0 Å². The Bertz CT molecular complexity index is 1060. The van der Waals surface area contributed by atoms with Crippen molar-refractivity contribution < 1.29 is 18.3 Å². The van der Waals surface area contributed by atoms with Crippen LogP contribution in [0.2, 0.25) is 0 Å². The number of nitrogens with zero attached hydrogens (tertiary/aromatic N) is 1. The third-order valence-electron chi connectivity index (χ3n) is 4.48. The van der Waals surface area contributed by atoms with Crippen LogP contribution in [0, 0.1) is 0 Å². The Morgan fingerprint density at radius 3 is 2.30 bits per heavy atom. The van der Waals surface area contributed by atoms with Crippen LogP contribution in [0.3, 0.4) is 0 Å². The molecule has 0 spiro atoms. The molecule has 140 valence electrons. The Morgan fingerprint density at radius 1 is 1.07 bits per heavy atom. The van der Waals surface area contributed by atoms with E-state index in [4.69, 9.17) is 0 Å². The number of carboxylic acids is 1. The second kappa shape index (κ2) is 7.04. The summed E-state index contributed by atoms with van der Waals surface area (Å²) in [6.07, 6.45) is 4.96. The lowest BCUT2D eigenvalue weighted by atomic mass is 10.0. The van der Waals surface area contributed by atoms with E-state index in [-0.39, 0.29) is 11.3 Å². The minimum absolute atomic E-state index is 0.0474. The molecule has 0 saturated carbocycles. The van der Waals surface area contributed by atoms with Crippen molar-refractivity contribution in [2.24, 2.45) is 0 Å². The fourth-order valence-corrected chi connectivity index (χ4v) is 3.72. The molecule has 5 nitrogen and oxygen atoms in total. The van der Waals surface area contributed by atoms with E-state index < -0.39 is 15.8 Å². The van der Waals surface area contributed by atoms with E-state index in [0.29, 0.717) is 0 Å². The molecule has 0 radical (unpaired) electrons. The number of benzene rings is 2. The minimum atomic E-state index is -3.23. The van der Waals surface area contributed by atoms with Gasteiger partial charge in [0.25, 0.3) is 0 Å². The van der Waals surface area contributed by atoms with Crippen molar-refractivity contribution in [3.8, 4) is 0 Å². The number of allylic oxidation sites excluding steroid dienone is 2. The molecule has 0 heterocycles. The molecule has 6 heteroatoms. The molecule has 0 atom stereocenters. The Labute approximate surface area is 159 Å². The van der Waals surface area contributed by atoms with Crippen LogP contribution in [0.4, 0.5) is 5.69 Å². The maximum Gasteiger partial charge on any atom is 0.307 e. The molecule has 2 aromatic rings. The van der Waals surface area contributed by atoms with Crippen LogP contribution < -0.4 is 4.90 Å². The van der Waals surface area contributed by atoms with Gasteiger partial charge in [0.15, 0.2) is 9.84 Å². The van der Waals surface area contributed by atoms with Gasteiger partial charge in [-0.05, 0) is 64.3 Å². The van der Waals surface area contributed by atoms with Gasteiger partial charge in [0, 0.05) is 26.0 Å². The smallest absolute Gasteiger partial charge is 0.307 e. The maximum atomic E-state index is 11.6. The lowest BCUT2D eigenvalue weighted by Crippen LogP contribution is -2.09. The van der Waals surface area contributed by atoms with Crippen LogP contribution in [0.25, 0.3) is 17.2 Å². The SMILES string of the molecule is CN(C)c1ccc2c(c1)C(CC(=O)O)=CC2=Cc1ccc(S(C)(=O)=O)cc1. The zero-order valence-electron chi connectivity index (χ0n) is 15.4. The van der Waals surface area contributed by atoms with Crippen molar-refractivity contribution in [1.29, 1.82) is 0 Å². The van der Waals surface area contributed by atoms with Gasteiger partial charge in [-0.1, -0.05) is 18.2 Å². The van der Waals surface area contributed by atoms with Crippen LogP contribution in [-0.4, -0.2) is 39.8 Å². The summed E-state index contributed by atoms with van der Waals surface area (Å²) >= 11 is 0. The second-order valence-corrected chi connectivity index (χ2v) is 8.82. The van der Waals surface area contributed by atoms with Crippen molar-refractivity contribution >= 4 is 38.7 Å². The first-order valence-electron chi connectivity index (χ1n) is 8.41. The number of carboxylic acid groups (broad SMARTS) is 1. The van der Waals surface area contributed by atoms with Crippen LogP contribution in [0.15, 0.2) is 53.4 Å². The largest absolute Gasteiger partial charge is 0.481 e. The average molecular weight is 383 g/mol. The normalized spacial score (nSPS) is 14.8. The molecule has 0 bridgehead atoms. The highest BCUT2D eigenvalue weighted by Gasteiger charge is 2.21. The summed E-state index contributed by atoms with van der Waals surface area (Å²) in [5.74, 6) is -0.874. The monoisotopic (exact) mass is 383 g/mol. The van der Waals surface area contributed by atoms with E-state index >= 15 is 0 Å². The molecule has 0 aliphatic heterocycles. The molecular weight excluding hydrogens is 362 g/mol. The second-order valence-electron chi connectivity index (χ2n) is 6.81. The summed E-state index contributed by atoms with van der Waals surface area (Å²) in [7, 11) is 0.650. The first kappa shape index (κ1) is 18.9. The third kappa shape index (κ3) is 4.11. The number of sulfone groups is 1. The Hall–Kier alpha value is -2.86. The van der Waals surface area contributed by atoms with Crippen molar-refractivity contribution in [2.45, 2.75) is 11.3 Å². The number of hydrogen-bond acceptors (Lipinski definition) is 4. The molecule has 2 aromatic carbocycles. The molecule has 0 fully saturated rings. The standard InChI is InChI=1S/C21H21NO4S/c1-22(2)17-6-9-19-15(11-16(12-21(23)24)20(19)13-17)10-14-4-7-18(8-5-14)27(3,25)26/h4-11,13H,12H2,1-3H3,(H,23,24). The van der Waals surface area contributed by atoms with Crippen molar-refractivity contribution in [2.75, 3.05) is 25.3 Å². The highest BCUT2D eigenvalue weighted by molar-refractivity contribution is 7.90. The summed E-state index contributed by atoms with van der Waals surface area (Å²) in [5.41, 5.74) is 5.43. The summed E-state index contributed by atoms with van der Waals surface area (Å²) < 4.78 is 23.2. The van der Waals surface area contributed by atoms with E-state index in [1.54, 1.807) is 24.3 Å². The van der Waals surface area contributed by atoms with Gasteiger partial charge < -0.3 is 10.0 Å². The molecule has 1 N–H and O–H groups in total. The summed E-state index contributed by atoms with van der Waals surface area (Å²) in [6.45, 7) is 0. The molecule has 0 amide bonds. The first-order chi connectivity index (χ1) is 12.6. The predicted molar refractivity (Wildman–Crippen MR) is 108 cm³/mol. The van der Waals surface area contributed by atoms with Gasteiger partial charge in [-0.15, -0.1) is 0 Å². The topological polar surface area (TPSA) is 74.7 Å². The van der Waals surface area contributed by atoms with E-state index in [9.17, 15) is 18.3 Å². The van der Waals surface area contributed by atoms with Crippen molar-refractivity contribution in [3.63, 3.8) is 0 Å². The van der Waals surface area contributed by atoms with Gasteiger partial charge in [0.1, 0.15) is 0 Å². The zero-order chi connectivity index (χ0) is 19.8. The third-order valence-corrected chi connectivity index (χ3v) is 5.61. The molecule has 0 saturated heterocycles. The number of hydrogen-bond donors (Lipinski definition) is 1. The van der Waals surface area contributed by atoms with Crippen molar-refractivity contribution in [1.82, 2.24) is 0 Å². The van der Waals surface area contributed by atoms with Gasteiger partial charge in [0.2, 0.25) is 0 Å². The number of fused-ring (bicyclic) bond motifs is 1. The number of carbonyl (C=O) groups is 1. The van der Waals surface area contributed by atoms with Gasteiger partial charge in [0.05, 0.1) is 11.3 Å². The highest BCUT2D eigenvalue weighted by Crippen LogP contribution is 2.39. The Balaban J connectivity index is 2.05. The predicted octanol–water partition coefficient (Wildman–Crippen LogP) is 3.57. The molecule has 1 aliphatic carbocycles. The Morgan fingerprint density at radius 2 is 1.74 bits per heavy atom. The van der Waals surface area contributed by atoms with Crippen LogP contribution in [0.1, 0.15) is 23.1 Å². The van der Waals surface area contributed by atoms with Crippen molar-refractivity contribution in [3.05, 3.63) is 65.2 Å². The number of rotatable bonds is 5. The molecule has 3 rings (SSSR count). The molecule has 0 unspecified atom stereocenters. The van der Waals surface area contributed by atoms with E-state index in [1.807, 2.05) is 49.3 Å². The number of anilines is 1. The Kier molecular flexibility index (Phi) is 4.93. The van der Waals surface area contributed by atoms with Crippen LogP contribution in [-0.2, 0) is 14.6 Å². The first-order valence-corrected chi connectivity index (χ1v) is 10.3. The number of aliphatic carboxylic acids is 1. The van der Waals surface area contributed by atoms with E-state index in [0.717, 1.165) is 33.5 Å². The molecular formula is C21H21NO4S. The maximum absolute atomic E-state index is 11.6. The van der Waals surface area contributed by atoms with E-state index in [1.165, 1.54) is 6.26 Å². The molecule has 0 aromatic heterocycles. The highest BCUT2D eigenvalue weighted by atomic mass is 32.2. The summed E-state index contributed by atoms with van der Waals surface area (Å²) in [6, 6.07) is 12.6. The summed E-state index contributed by atoms with van der Waals surface area (Å²) in [5, 5.41) is 9.23. The lowest BCUT2D eigenvalue weighted by molar-refractivity contribution is -0.135. The molecule has 27 heavy (non-hydrogen) atoms. The van der Waals surface area contributed by atoms with Gasteiger partial charge in [-0.3, -0.25) is 4.79 Å². The zero-order valence-corrected chi connectivity index (χ0v) is 16.2. The minimum Gasteiger partial charge on any atom is -0.481 e. The quantitative estimate of drug-likeness (QED) is 0.854. The van der Waals surface area contributed by atoms with Gasteiger partial charge in [-0.25, -0.2) is 8.42 Å². The average Bonchev–Trinajstić information content (AvgIpc) is 2.91. The fraction of sp³-hybridized carbons (Fsp3) is 0.190. The van der Waals surface area contributed by atoms with Crippen LogP contribution in [0.5, 0.6) is 0 Å². The molecule has 1 aliphatic rings. The van der Waals surface area contributed by atoms with Crippen LogP contribution >= 0.6 is 0 Å². The summed E-state index contributed by atoms with van der Waals surface area (Å²) in [4.78, 5) is 13.5. The van der Waals surface area contributed by atoms with Gasteiger partial charge >= 0.3 is 5.97 Å².